The molecule has 1 amide bonds. The van der Waals surface area contributed by atoms with Gasteiger partial charge < -0.3 is 34.1 Å². The SMILES string of the molecule is Cc1c(N2CCN(C)CC2)c(=O)oc2cc(O)cc(OCCNC(=O)OC(C)(C)C)c12. The summed E-state index contributed by atoms with van der Waals surface area (Å²) in [6.07, 6.45) is -0.531. The number of rotatable bonds is 5. The van der Waals surface area contributed by atoms with E-state index in [-0.39, 0.29) is 24.5 Å². The number of hydrogen-bond acceptors (Lipinski definition) is 8. The number of carbonyl (C=O) groups excluding carboxylic acids is 1. The Kier molecular flexibility index (Phi) is 6.64. The molecule has 2 heterocycles. The van der Waals surface area contributed by atoms with E-state index in [9.17, 15) is 14.7 Å². The largest absolute Gasteiger partial charge is 0.508 e. The number of nitrogens with zero attached hydrogens (tertiary/aromatic N) is 2. The predicted octanol–water partition coefficient (Wildman–Crippen LogP) is 2.46. The summed E-state index contributed by atoms with van der Waals surface area (Å²) in [6.45, 7) is 10.7. The molecule has 9 heteroatoms. The number of piperazine rings is 1. The van der Waals surface area contributed by atoms with E-state index in [0.29, 0.717) is 16.8 Å². The zero-order valence-corrected chi connectivity index (χ0v) is 18.8. The lowest BCUT2D eigenvalue weighted by atomic mass is 10.1. The van der Waals surface area contributed by atoms with Gasteiger partial charge in [-0.3, -0.25) is 0 Å². The second-order valence-corrected chi connectivity index (χ2v) is 8.75. The van der Waals surface area contributed by atoms with Gasteiger partial charge in [0.1, 0.15) is 35.0 Å². The van der Waals surface area contributed by atoms with Gasteiger partial charge in [0, 0.05) is 38.3 Å². The highest BCUT2D eigenvalue weighted by molar-refractivity contribution is 5.91. The number of aromatic hydroxyl groups is 1. The normalized spacial score (nSPS) is 15.2. The van der Waals surface area contributed by atoms with E-state index in [1.54, 1.807) is 20.8 Å². The molecule has 0 spiro atoms. The van der Waals surface area contributed by atoms with E-state index in [0.717, 1.165) is 31.7 Å². The number of phenolic OH excluding ortho intramolecular Hbond substituents is 1. The van der Waals surface area contributed by atoms with Crippen LogP contribution in [0.4, 0.5) is 10.5 Å². The number of benzene rings is 1. The van der Waals surface area contributed by atoms with E-state index >= 15 is 0 Å². The van der Waals surface area contributed by atoms with Crippen molar-refractivity contribution in [2.24, 2.45) is 0 Å². The third-order valence-corrected chi connectivity index (χ3v) is 5.02. The zero-order valence-electron chi connectivity index (χ0n) is 18.8. The standard InChI is InChI=1S/C22H31N3O6/c1-14-18-16(29-11-6-23-21(28)31-22(2,3)4)12-15(26)13-17(18)30-20(27)19(14)25-9-7-24(5)8-10-25/h12-13,26H,6-11H2,1-5H3,(H,23,28). The predicted molar refractivity (Wildman–Crippen MR) is 118 cm³/mol. The van der Waals surface area contributed by atoms with Crippen LogP contribution in [0.2, 0.25) is 0 Å². The average Bonchev–Trinajstić information content (AvgIpc) is 2.64. The second-order valence-electron chi connectivity index (χ2n) is 8.75. The molecular formula is C22H31N3O6. The Morgan fingerprint density at radius 3 is 2.55 bits per heavy atom. The van der Waals surface area contributed by atoms with Crippen LogP contribution in [-0.4, -0.2) is 68.1 Å². The highest BCUT2D eigenvalue weighted by Crippen LogP contribution is 2.35. The average molecular weight is 434 g/mol. The van der Waals surface area contributed by atoms with Crippen LogP contribution < -0.4 is 20.6 Å². The quantitative estimate of drug-likeness (QED) is 0.547. The number of amides is 1. The number of phenols is 1. The summed E-state index contributed by atoms with van der Waals surface area (Å²) in [5.74, 6) is 0.315. The molecule has 9 nitrogen and oxygen atoms in total. The van der Waals surface area contributed by atoms with Gasteiger partial charge in [0.2, 0.25) is 0 Å². The molecule has 0 radical (unpaired) electrons. The lowest BCUT2D eigenvalue weighted by Gasteiger charge is -2.34. The molecule has 0 aliphatic carbocycles. The number of fused-ring (bicyclic) bond motifs is 1. The maximum atomic E-state index is 12.7. The molecule has 2 aromatic rings. The molecule has 1 aromatic heterocycles. The molecular weight excluding hydrogens is 402 g/mol. The summed E-state index contributed by atoms with van der Waals surface area (Å²) in [5.41, 5.74) is 0.503. The number of aryl methyl sites for hydroxylation is 1. The monoisotopic (exact) mass is 433 g/mol. The fraction of sp³-hybridized carbons (Fsp3) is 0.545. The number of carbonyl (C=O) groups is 1. The van der Waals surface area contributed by atoms with Crippen LogP contribution in [0.25, 0.3) is 11.0 Å². The lowest BCUT2D eigenvalue weighted by molar-refractivity contribution is 0.0520. The molecule has 3 rings (SSSR count). The number of likely N-dealkylation sites (N-methyl/N-ethyl adjacent to an activating group) is 1. The van der Waals surface area contributed by atoms with Crippen molar-refractivity contribution < 1.29 is 23.8 Å². The molecule has 0 bridgehead atoms. The van der Waals surface area contributed by atoms with Crippen LogP contribution in [0.15, 0.2) is 21.3 Å². The number of ether oxygens (including phenoxy) is 2. The van der Waals surface area contributed by atoms with Crippen molar-refractivity contribution in [1.29, 1.82) is 0 Å². The van der Waals surface area contributed by atoms with Crippen LogP contribution in [-0.2, 0) is 4.74 Å². The molecule has 1 aliphatic heterocycles. The van der Waals surface area contributed by atoms with E-state index in [4.69, 9.17) is 13.9 Å². The van der Waals surface area contributed by atoms with Crippen LogP contribution in [0, 0.1) is 6.92 Å². The van der Waals surface area contributed by atoms with E-state index < -0.39 is 17.3 Å². The third-order valence-electron chi connectivity index (χ3n) is 5.02. The fourth-order valence-electron chi connectivity index (χ4n) is 3.58. The second kappa shape index (κ2) is 9.05. The van der Waals surface area contributed by atoms with Gasteiger partial charge in [-0.25, -0.2) is 9.59 Å². The molecule has 1 aliphatic rings. The van der Waals surface area contributed by atoms with Crippen LogP contribution in [0.3, 0.4) is 0 Å². The molecule has 0 saturated carbocycles. The highest BCUT2D eigenvalue weighted by Gasteiger charge is 2.23. The van der Waals surface area contributed by atoms with Crippen molar-refractivity contribution >= 4 is 22.7 Å². The Labute approximate surface area is 181 Å². The van der Waals surface area contributed by atoms with E-state index in [1.165, 1.54) is 12.1 Å². The number of nitrogens with one attached hydrogen (secondary N) is 1. The van der Waals surface area contributed by atoms with Crippen LogP contribution in [0.5, 0.6) is 11.5 Å². The molecule has 1 aromatic carbocycles. The summed E-state index contributed by atoms with van der Waals surface area (Å²) in [6, 6.07) is 2.89. The van der Waals surface area contributed by atoms with Crippen molar-refractivity contribution in [2.75, 3.05) is 51.3 Å². The van der Waals surface area contributed by atoms with Gasteiger partial charge in [-0.15, -0.1) is 0 Å². The van der Waals surface area contributed by atoms with Crippen molar-refractivity contribution in [3.63, 3.8) is 0 Å². The molecule has 2 N–H and O–H groups in total. The van der Waals surface area contributed by atoms with Gasteiger partial charge in [-0.1, -0.05) is 0 Å². The Morgan fingerprint density at radius 1 is 1.23 bits per heavy atom. The Morgan fingerprint density at radius 2 is 1.90 bits per heavy atom. The highest BCUT2D eigenvalue weighted by atomic mass is 16.6. The third kappa shape index (κ3) is 5.61. The summed E-state index contributed by atoms with van der Waals surface area (Å²) < 4.78 is 16.6. The number of alkyl carbamates (subject to hydrolysis) is 1. The summed E-state index contributed by atoms with van der Waals surface area (Å²) in [7, 11) is 2.05. The Balaban J connectivity index is 1.82. The van der Waals surface area contributed by atoms with Crippen molar-refractivity contribution in [2.45, 2.75) is 33.3 Å². The molecule has 1 saturated heterocycles. The minimum atomic E-state index is -0.583. The van der Waals surface area contributed by atoms with E-state index in [2.05, 4.69) is 10.2 Å². The van der Waals surface area contributed by atoms with Gasteiger partial charge in [0.15, 0.2) is 0 Å². The molecule has 31 heavy (non-hydrogen) atoms. The van der Waals surface area contributed by atoms with Gasteiger partial charge in [-0.05, 0) is 40.3 Å². The smallest absolute Gasteiger partial charge is 0.407 e. The minimum Gasteiger partial charge on any atom is -0.508 e. The van der Waals surface area contributed by atoms with Gasteiger partial charge in [0.05, 0.1) is 11.9 Å². The Bertz CT molecular complexity index is 1000. The summed E-state index contributed by atoms with van der Waals surface area (Å²) in [5, 5.41) is 13.3. The van der Waals surface area contributed by atoms with Gasteiger partial charge in [-0.2, -0.15) is 0 Å². The maximum absolute atomic E-state index is 12.7. The molecule has 0 atom stereocenters. The van der Waals surface area contributed by atoms with Crippen LogP contribution in [0.1, 0.15) is 26.3 Å². The molecule has 1 fully saturated rings. The van der Waals surface area contributed by atoms with Gasteiger partial charge in [0.25, 0.3) is 0 Å². The number of hydrogen-bond donors (Lipinski definition) is 2. The minimum absolute atomic E-state index is 0.0718. The van der Waals surface area contributed by atoms with Crippen molar-refractivity contribution in [3.05, 3.63) is 28.1 Å². The first-order valence-electron chi connectivity index (χ1n) is 10.4. The first-order chi connectivity index (χ1) is 14.5. The molecule has 170 valence electrons. The maximum Gasteiger partial charge on any atom is 0.407 e. The van der Waals surface area contributed by atoms with Crippen molar-refractivity contribution in [1.82, 2.24) is 10.2 Å². The summed E-state index contributed by atoms with van der Waals surface area (Å²) in [4.78, 5) is 28.7. The number of anilines is 1. The Hall–Kier alpha value is -2.94. The van der Waals surface area contributed by atoms with Gasteiger partial charge >= 0.3 is 11.7 Å². The lowest BCUT2D eigenvalue weighted by Crippen LogP contribution is -2.46. The topological polar surface area (TPSA) is 104 Å². The first kappa shape index (κ1) is 22.7. The molecule has 0 unspecified atom stereocenters. The fourth-order valence-corrected chi connectivity index (χ4v) is 3.58. The van der Waals surface area contributed by atoms with E-state index in [1.807, 2.05) is 18.9 Å². The van der Waals surface area contributed by atoms with Crippen molar-refractivity contribution in [3.8, 4) is 11.5 Å². The van der Waals surface area contributed by atoms with Crippen LogP contribution >= 0.6 is 0 Å². The summed E-state index contributed by atoms with van der Waals surface area (Å²) >= 11 is 0. The first-order valence-corrected chi connectivity index (χ1v) is 10.4. The zero-order chi connectivity index (χ0) is 22.8.